The van der Waals surface area contributed by atoms with Crippen LogP contribution in [0.1, 0.15) is 5.56 Å². The maximum Gasteiger partial charge on any atom is 0.314 e. The van der Waals surface area contributed by atoms with Gasteiger partial charge in [-0.3, -0.25) is 9.59 Å². The van der Waals surface area contributed by atoms with Crippen LogP contribution in [0.4, 0.5) is 17.1 Å². The van der Waals surface area contributed by atoms with Crippen molar-refractivity contribution in [2.45, 2.75) is 6.92 Å². The van der Waals surface area contributed by atoms with Crippen LogP contribution in [0.3, 0.4) is 0 Å². The molecule has 0 bridgehead atoms. The number of rotatable bonds is 2. The van der Waals surface area contributed by atoms with Crippen molar-refractivity contribution >= 4 is 63.1 Å². The van der Waals surface area contributed by atoms with Crippen LogP contribution in [0.15, 0.2) is 36.4 Å². The lowest BCUT2D eigenvalue weighted by Gasteiger charge is -2.10. The Hall–Kier alpha value is -1.80. The van der Waals surface area contributed by atoms with Crippen LogP contribution in [-0.4, -0.2) is 11.8 Å². The number of nitrogens with two attached hydrogens (primary N) is 1. The number of halogens is 2. The summed E-state index contributed by atoms with van der Waals surface area (Å²) in [4.78, 5) is 23.9. The first-order valence-corrected chi connectivity index (χ1v) is 7.76. The largest absolute Gasteiger partial charge is 0.399 e. The number of benzene rings is 2. The molecular formula is C15H13ClIN3O2. The highest BCUT2D eigenvalue weighted by Gasteiger charge is 2.16. The number of aryl methyl sites for hydroxylation is 1. The summed E-state index contributed by atoms with van der Waals surface area (Å²) in [6, 6.07) is 10.1. The quantitative estimate of drug-likeness (QED) is 0.389. The van der Waals surface area contributed by atoms with Gasteiger partial charge < -0.3 is 16.4 Å². The van der Waals surface area contributed by atoms with Gasteiger partial charge in [-0.05, 0) is 71.5 Å². The van der Waals surface area contributed by atoms with E-state index < -0.39 is 11.8 Å². The van der Waals surface area contributed by atoms with Crippen LogP contribution in [-0.2, 0) is 9.59 Å². The maximum atomic E-state index is 11.9. The number of amides is 2. The first-order chi connectivity index (χ1) is 10.4. The maximum absolute atomic E-state index is 11.9. The number of hydrogen-bond acceptors (Lipinski definition) is 3. The van der Waals surface area contributed by atoms with Crippen molar-refractivity contribution in [3.63, 3.8) is 0 Å². The van der Waals surface area contributed by atoms with Crippen molar-refractivity contribution in [3.05, 3.63) is 50.6 Å². The summed E-state index contributed by atoms with van der Waals surface area (Å²) in [6.07, 6.45) is 0. The van der Waals surface area contributed by atoms with Gasteiger partial charge in [0.15, 0.2) is 0 Å². The molecule has 114 valence electrons. The molecule has 4 N–H and O–H groups in total. The third kappa shape index (κ3) is 4.11. The van der Waals surface area contributed by atoms with Crippen molar-refractivity contribution in [1.29, 1.82) is 0 Å². The van der Waals surface area contributed by atoms with E-state index in [1.807, 2.05) is 19.1 Å². The zero-order valence-corrected chi connectivity index (χ0v) is 14.5. The molecule has 2 aromatic rings. The van der Waals surface area contributed by atoms with Gasteiger partial charge in [-0.1, -0.05) is 11.6 Å². The molecule has 7 heteroatoms. The van der Waals surface area contributed by atoms with Gasteiger partial charge in [0.05, 0.1) is 10.7 Å². The predicted molar refractivity (Wildman–Crippen MR) is 97.0 cm³/mol. The second-order valence-electron chi connectivity index (χ2n) is 4.61. The molecule has 0 spiro atoms. The van der Waals surface area contributed by atoms with E-state index in [0.717, 1.165) is 9.13 Å². The lowest BCUT2D eigenvalue weighted by atomic mass is 10.2. The Kier molecular flexibility index (Phi) is 5.25. The first kappa shape index (κ1) is 16.6. The zero-order valence-electron chi connectivity index (χ0n) is 11.6. The Morgan fingerprint density at radius 2 is 1.64 bits per heavy atom. The highest BCUT2D eigenvalue weighted by molar-refractivity contribution is 14.1. The molecule has 0 aromatic heterocycles. The number of anilines is 3. The van der Waals surface area contributed by atoms with Crippen LogP contribution in [0.25, 0.3) is 0 Å². The Labute approximate surface area is 146 Å². The van der Waals surface area contributed by atoms with Gasteiger partial charge in [0.1, 0.15) is 0 Å². The molecule has 0 fully saturated rings. The summed E-state index contributed by atoms with van der Waals surface area (Å²) in [5.74, 6) is -1.57. The minimum absolute atomic E-state index is 0.270. The fraction of sp³-hybridized carbons (Fsp3) is 0.0667. The van der Waals surface area contributed by atoms with E-state index in [4.69, 9.17) is 17.3 Å². The normalized spacial score (nSPS) is 10.1. The Morgan fingerprint density at radius 1 is 1.05 bits per heavy atom. The molecule has 0 unspecified atom stereocenters. The van der Waals surface area contributed by atoms with Gasteiger partial charge in [-0.2, -0.15) is 0 Å². The number of nitrogens with one attached hydrogen (secondary N) is 2. The predicted octanol–water partition coefficient (Wildman–Crippen LogP) is 3.41. The molecule has 0 radical (unpaired) electrons. The lowest BCUT2D eigenvalue weighted by molar-refractivity contribution is -0.133. The van der Waals surface area contributed by atoms with Gasteiger partial charge in [-0.15, -0.1) is 0 Å². The second-order valence-corrected chi connectivity index (χ2v) is 6.26. The summed E-state index contributed by atoms with van der Waals surface area (Å²) in [5, 5.41) is 5.28. The van der Waals surface area contributed by atoms with Crippen molar-refractivity contribution in [2.75, 3.05) is 16.4 Å². The number of carbonyl (C=O) groups is 2. The standard InChI is InChI=1S/C15H13ClIN3O2/c1-8-6-9(17)2-4-12(8)19-14(21)15(22)20-13-5-3-10(18)7-11(13)16/h2-7H,18H2,1H3,(H,19,21)(H,20,22). The molecule has 22 heavy (non-hydrogen) atoms. The van der Waals surface area contributed by atoms with E-state index in [2.05, 4.69) is 33.2 Å². The Balaban J connectivity index is 2.07. The third-order valence-corrected chi connectivity index (χ3v) is 3.87. The van der Waals surface area contributed by atoms with E-state index in [0.29, 0.717) is 17.1 Å². The minimum atomic E-state index is -0.801. The molecule has 2 rings (SSSR count). The Morgan fingerprint density at radius 3 is 2.23 bits per heavy atom. The highest BCUT2D eigenvalue weighted by atomic mass is 127. The summed E-state index contributed by atoms with van der Waals surface area (Å²) < 4.78 is 1.05. The van der Waals surface area contributed by atoms with Gasteiger partial charge >= 0.3 is 11.8 Å². The molecule has 0 aliphatic heterocycles. The molecular weight excluding hydrogens is 417 g/mol. The molecule has 2 amide bonds. The number of carbonyl (C=O) groups excluding carboxylic acids is 2. The lowest BCUT2D eigenvalue weighted by Crippen LogP contribution is -2.29. The molecule has 0 heterocycles. The fourth-order valence-electron chi connectivity index (χ4n) is 1.76. The molecule has 2 aromatic carbocycles. The summed E-state index contributed by atoms with van der Waals surface area (Å²) in [7, 11) is 0. The smallest absolute Gasteiger partial charge is 0.314 e. The van der Waals surface area contributed by atoms with Crippen LogP contribution in [0.2, 0.25) is 5.02 Å². The van der Waals surface area contributed by atoms with E-state index in [1.165, 1.54) is 6.07 Å². The minimum Gasteiger partial charge on any atom is -0.399 e. The summed E-state index contributed by atoms with van der Waals surface area (Å²) >= 11 is 8.13. The van der Waals surface area contributed by atoms with Gasteiger partial charge in [-0.25, -0.2) is 0 Å². The van der Waals surface area contributed by atoms with E-state index in [1.54, 1.807) is 18.2 Å². The number of nitrogen functional groups attached to an aromatic ring is 1. The third-order valence-electron chi connectivity index (χ3n) is 2.88. The average molecular weight is 430 g/mol. The van der Waals surface area contributed by atoms with Crippen molar-refractivity contribution in [3.8, 4) is 0 Å². The average Bonchev–Trinajstić information content (AvgIpc) is 2.44. The van der Waals surface area contributed by atoms with Gasteiger partial charge in [0.25, 0.3) is 0 Å². The fourth-order valence-corrected chi connectivity index (χ4v) is 2.64. The molecule has 5 nitrogen and oxygen atoms in total. The topological polar surface area (TPSA) is 84.2 Å². The van der Waals surface area contributed by atoms with E-state index in [-0.39, 0.29) is 5.02 Å². The molecule has 0 aliphatic rings. The molecule has 0 saturated carbocycles. The monoisotopic (exact) mass is 429 g/mol. The van der Waals surface area contributed by atoms with Crippen molar-refractivity contribution in [2.24, 2.45) is 0 Å². The first-order valence-electron chi connectivity index (χ1n) is 6.30. The van der Waals surface area contributed by atoms with Crippen LogP contribution < -0.4 is 16.4 Å². The molecule has 0 saturated heterocycles. The number of hydrogen-bond donors (Lipinski definition) is 3. The highest BCUT2D eigenvalue weighted by Crippen LogP contribution is 2.24. The van der Waals surface area contributed by atoms with Crippen molar-refractivity contribution < 1.29 is 9.59 Å². The summed E-state index contributed by atoms with van der Waals surface area (Å²) in [5.41, 5.74) is 7.84. The molecule has 0 aliphatic carbocycles. The van der Waals surface area contributed by atoms with Crippen molar-refractivity contribution in [1.82, 2.24) is 0 Å². The van der Waals surface area contributed by atoms with Gasteiger partial charge in [0.2, 0.25) is 0 Å². The van der Waals surface area contributed by atoms with Crippen LogP contribution in [0, 0.1) is 10.5 Å². The van der Waals surface area contributed by atoms with Gasteiger partial charge in [0, 0.05) is 14.9 Å². The van der Waals surface area contributed by atoms with Crippen LogP contribution >= 0.6 is 34.2 Å². The zero-order chi connectivity index (χ0) is 16.3. The SMILES string of the molecule is Cc1cc(I)ccc1NC(=O)C(=O)Nc1ccc(N)cc1Cl. The van der Waals surface area contributed by atoms with E-state index in [9.17, 15) is 9.59 Å². The molecule has 0 atom stereocenters. The van der Waals surface area contributed by atoms with E-state index >= 15 is 0 Å². The summed E-state index contributed by atoms with van der Waals surface area (Å²) in [6.45, 7) is 1.85. The van der Waals surface area contributed by atoms with Crippen LogP contribution in [0.5, 0.6) is 0 Å². The second kappa shape index (κ2) is 6.97. The Bertz CT molecular complexity index is 686.